The monoisotopic (exact) mass is 711 g/mol. The van der Waals surface area contributed by atoms with Gasteiger partial charge in [0.05, 0.1) is 29.8 Å². The summed E-state index contributed by atoms with van der Waals surface area (Å²) in [6.45, 7) is 16.1. The third kappa shape index (κ3) is 11.4. The van der Waals surface area contributed by atoms with Gasteiger partial charge in [0, 0.05) is 32.0 Å². The Labute approximate surface area is 297 Å². The number of unbranched alkanes of at least 4 members (excludes halogenated alkanes) is 1. The fourth-order valence-corrected chi connectivity index (χ4v) is 7.28. The molecule has 0 aromatic carbocycles. The molecule has 0 aromatic heterocycles. The van der Waals surface area contributed by atoms with E-state index in [1.54, 1.807) is 48.5 Å². The zero-order chi connectivity index (χ0) is 38.0. The number of hydrogen-bond acceptors (Lipinski definition) is 11. The Hall–Kier alpha value is -3.16. The molecule has 15 nitrogen and oxygen atoms in total. The van der Waals surface area contributed by atoms with Crippen LogP contribution in [0, 0.1) is 36.0 Å². The minimum Gasteiger partial charge on any atom is -0.459 e. The van der Waals surface area contributed by atoms with Crippen molar-refractivity contribution < 1.29 is 48.3 Å². The first-order valence-corrected chi connectivity index (χ1v) is 17.5. The highest BCUT2D eigenvalue weighted by molar-refractivity contribution is 5.95. The van der Waals surface area contributed by atoms with Gasteiger partial charge in [0.2, 0.25) is 0 Å². The first kappa shape index (κ1) is 43.0. The van der Waals surface area contributed by atoms with E-state index in [1.807, 2.05) is 13.8 Å². The van der Waals surface area contributed by atoms with Crippen LogP contribution in [0.25, 0.3) is 0 Å². The molecule has 0 spiro atoms. The molecule has 7 N–H and O–H groups in total. The molecule has 2 bridgehead atoms. The minimum atomic E-state index is -1.62. The van der Waals surface area contributed by atoms with Crippen LogP contribution in [0.2, 0.25) is 0 Å². The number of hydrogen-bond donors (Lipinski definition) is 6. The molecule has 2 rings (SSSR count). The number of urea groups is 1. The molecule has 286 valence electrons. The Bertz CT molecular complexity index is 1220. The van der Waals surface area contributed by atoms with Gasteiger partial charge >= 0.3 is 18.1 Å². The van der Waals surface area contributed by atoms with E-state index in [-0.39, 0.29) is 43.8 Å². The van der Waals surface area contributed by atoms with Crippen molar-refractivity contribution in [1.82, 2.24) is 16.0 Å². The number of terminal acetylenes is 1. The number of amides is 3. The second-order valence-corrected chi connectivity index (χ2v) is 14.5. The van der Waals surface area contributed by atoms with Crippen LogP contribution in [0.15, 0.2) is 4.99 Å². The lowest BCUT2D eigenvalue weighted by Gasteiger charge is -2.53. The molecule has 2 unspecified atom stereocenters. The average Bonchev–Trinajstić information content (AvgIpc) is 3.03. The molecule has 0 radical (unpaired) electrons. The number of rotatable bonds is 9. The van der Waals surface area contributed by atoms with Crippen molar-refractivity contribution in [2.45, 2.75) is 136 Å². The van der Waals surface area contributed by atoms with Crippen molar-refractivity contribution >= 4 is 24.1 Å². The lowest BCUT2D eigenvalue weighted by molar-refractivity contribution is -0.359. The van der Waals surface area contributed by atoms with E-state index in [9.17, 15) is 24.6 Å². The van der Waals surface area contributed by atoms with Gasteiger partial charge in [-0.1, -0.05) is 33.6 Å². The molecule has 2 heterocycles. The van der Waals surface area contributed by atoms with Gasteiger partial charge in [0.15, 0.2) is 11.7 Å². The van der Waals surface area contributed by atoms with Crippen molar-refractivity contribution in [2.75, 3.05) is 26.7 Å². The smallest absolute Gasteiger partial charge is 0.407 e. The molecule has 11 atom stereocenters. The van der Waals surface area contributed by atoms with Crippen molar-refractivity contribution in [3.05, 3.63) is 0 Å². The third-order valence-corrected chi connectivity index (χ3v) is 9.65. The van der Waals surface area contributed by atoms with Crippen LogP contribution >= 0.6 is 0 Å². The van der Waals surface area contributed by atoms with Gasteiger partial charge < -0.3 is 50.3 Å². The summed E-state index contributed by atoms with van der Waals surface area (Å²) in [4.78, 5) is 42.4. The Morgan fingerprint density at radius 2 is 1.76 bits per heavy atom. The SMILES string of the molecule is C#CCO[C@@H]1[C@@H](C)C(OC(=O)NCCCCN=C(N)NC(=O)NC)[C@@H](C)C(=O)OC(CC)[C@@](C)(O)[C@@H]2OC(C)(C)O[C@H]([C@@H]2C)[C@H](C)C[C@]1(C)O. The van der Waals surface area contributed by atoms with Gasteiger partial charge in [-0.3, -0.25) is 15.1 Å². The normalized spacial score (nSPS) is 36.6. The third-order valence-electron chi connectivity index (χ3n) is 9.65. The van der Waals surface area contributed by atoms with Crippen LogP contribution in [0.4, 0.5) is 9.59 Å². The fourth-order valence-electron chi connectivity index (χ4n) is 7.28. The van der Waals surface area contributed by atoms with E-state index in [0.717, 1.165) is 0 Å². The number of aliphatic imine (C=N–C) groups is 1. The maximum atomic E-state index is 13.9. The number of carbonyl (C=O) groups excluding carboxylic acids is 3. The molecule has 0 saturated carbocycles. The highest BCUT2D eigenvalue weighted by Crippen LogP contribution is 2.44. The van der Waals surface area contributed by atoms with E-state index >= 15 is 0 Å². The van der Waals surface area contributed by atoms with Crippen molar-refractivity contribution in [3.8, 4) is 12.3 Å². The number of carbonyl (C=O) groups is 3. The minimum absolute atomic E-state index is 0.0271. The molecule has 2 saturated heterocycles. The van der Waals surface area contributed by atoms with Gasteiger partial charge in [0.1, 0.15) is 24.4 Å². The van der Waals surface area contributed by atoms with Gasteiger partial charge in [-0.2, -0.15) is 0 Å². The van der Waals surface area contributed by atoms with E-state index in [4.69, 9.17) is 35.8 Å². The molecular weight excluding hydrogens is 650 g/mol. The molecule has 2 aliphatic rings. The molecule has 2 aliphatic heterocycles. The predicted molar refractivity (Wildman–Crippen MR) is 187 cm³/mol. The number of aliphatic hydroxyl groups is 2. The number of nitrogens with one attached hydrogen (secondary N) is 3. The van der Waals surface area contributed by atoms with E-state index < -0.39 is 77.4 Å². The van der Waals surface area contributed by atoms with Crippen LogP contribution in [0.3, 0.4) is 0 Å². The van der Waals surface area contributed by atoms with E-state index in [0.29, 0.717) is 19.4 Å². The molecule has 0 aliphatic carbocycles. The molecule has 50 heavy (non-hydrogen) atoms. The highest BCUT2D eigenvalue weighted by atomic mass is 16.7. The standard InChI is InChI=1S/C35H61N5O10/c1-12-18-46-27-22(5)26(48-32(43)39-17-15-14-16-38-30(36)40-31(42)37-11)23(6)29(41)47-24(13-2)35(10,45)28-21(4)25(49-33(7,8)50-28)20(3)19-34(27,9)44/h1,20-28,44-45H,13-19H2,2-11H3,(H,39,43)(H4,36,37,38,40,42)/t20-,21+,22+,23-,24?,25+,26?,27-,28-,34+,35-/m1/s1. The van der Waals surface area contributed by atoms with E-state index in [1.165, 1.54) is 7.05 Å². The summed E-state index contributed by atoms with van der Waals surface area (Å²) in [5, 5.41) is 31.5. The number of fused-ring (bicyclic) bond motifs is 2. The number of nitrogens with two attached hydrogens (primary N) is 1. The number of esters is 1. The van der Waals surface area contributed by atoms with Gasteiger partial charge in [0.25, 0.3) is 0 Å². The van der Waals surface area contributed by atoms with Crippen molar-refractivity contribution in [2.24, 2.45) is 34.4 Å². The number of guanidine groups is 1. The second-order valence-electron chi connectivity index (χ2n) is 14.5. The number of ether oxygens (including phenoxy) is 5. The summed E-state index contributed by atoms with van der Waals surface area (Å²) in [7, 11) is 1.46. The van der Waals surface area contributed by atoms with Crippen LogP contribution in [-0.4, -0.2) is 109 Å². The first-order valence-electron chi connectivity index (χ1n) is 17.5. The van der Waals surface area contributed by atoms with Gasteiger partial charge in [-0.25, -0.2) is 9.59 Å². The maximum Gasteiger partial charge on any atom is 0.407 e. The number of alkyl carbamates (subject to hydrolysis) is 1. The van der Waals surface area contributed by atoms with E-state index in [2.05, 4.69) is 26.9 Å². The van der Waals surface area contributed by atoms with Crippen LogP contribution in [-0.2, 0) is 28.5 Å². The van der Waals surface area contributed by atoms with Crippen LogP contribution < -0.4 is 21.7 Å². The number of cyclic esters (lactones) is 1. The summed E-state index contributed by atoms with van der Waals surface area (Å²) >= 11 is 0. The summed E-state index contributed by atoms with van der Waals surface area (Å²) < 4.78 is 30.7. The highest BCUT2D eigenvalue weighted by Gasteiger charge is 2.55. The average molecular weight is 712 g/mol. The summed E-state index contributed by atoms with van der Waals surface area (Å²) in [5.41, 5.74) is 2.50. The fraction of sp³-hybridized carbons (Fsp3) is 0.829. The zero-order valence-corrected chi connectivity index (χ0v) is 31.4. The maximum absolute atomic E-state index is 13.9. The second kappa shape index (κ2) is 18.4. The number of nitrogens with zero attached hydrogens (tertiary/aromatic N) is 1. The summed E-state index contributed by atoms with van der Waals surface area (Å²) in [5.74, 6) is -1.80. The molecule has 2 fully saturated rings. The quantitative estimate of drug-likeness (QED) is 0.0672. The molecule has 3 amide bonds. The zero-order valence-electron chi connectivity index (χ0n) is 31.4. The lowest BCUT2D eigenvalue weighted by atomic mass is 9.72. The van der Waals surface area contributed by atoms with Crippen LogP contribution in [0.5, 0.6) is 0 Å². The van der Waals surface area contributed by atoms with Crippen molar-refractivity contribution in [3.63, 3.8) is 0 Å². The first-order chi connectivity index (χ1) is 23.2. The lowest BCUT2D eigenvalue weighted by Crippen LogP contribution is -2.64. The van der Waals surface area contributed by atoms with Crippen molar-refractivity contribution in [1.29, 1.82) is 0 Å². The molecular formula is C35H61N5O10. The van der Waals surface area contributed by atoms with Gasteiger partial charge in [-0.05, 0) is 66.2 Å². The Kier molecular flexibility index (Phi) is 15.8. The Morgan fingerprint density at radius 1 is 1.10 bits per heavy atom. The van der Waals surface area contributed by atoms with Crippen LogP contribution in [0.1, 0.15) is 88.0 Å². The predicted octanol–water partition coefficient (Wildman–Crippen LogP) is 2.42. The Morgan fingerprint density at radius 3 is 2.36 bits per heavy atom. The topological polar surface area (TPSA) is 212 Å². The molecule has 0 aromatic rings. The largest absolute Gasteiger partial charge is 0.459 e. The van der Waals surface area contributed by atoms with Gasteiger partial charge in [-0.15, -0.1) is 6.42 Å². The molecule has 15 heteroatoms. The Balaban J connectivity index is 2.41. The summed E-state index contributed by atoms with van der Waals surface area (Å²) in [6.07, 6.45) is 1.96. The summed E-state index contributed by atoms with van der Waals surface area (Å²) in [6, 6.07) is -0.483.